The Morgan fingerprint density at radius 1 is 1.22 bits per heavy atom. The van der Waals surface area contributed by atoms with Crippen LogP contribution in [0.25, 0.3) is 0 Å². The van der Waals surface area contributed by atoms with E-state index in [4.69, 9.17) is 4.74 Å². The average Bonchev–Trinajstić information content (AvgIpc) is 2.53. The normalized spacial score (nSPS) is 10.5. The van der Waals surface area contributed by atoms with Gasteiger partial charge in [0.1, 0.15) is 12.4 Å². The van der Waals surface area contributed by atoms with Crippen molar-refractivity contribution < 1.29 is 19.4 Å². The molecule has 0 aliphatic carbocycles. The molecule has 0 heterocycles. The number of para-hydroxylation sites is 1. The van der Waals surface area contributed by atoms with Crippen LogP contribution in [0.3, 0.4) is 0 Å². The molecule has 2 aromatic rings. The summed E-state index contributed by atoms with van der Waals surface area (Å²) in [7, 11) is 0. The van der Waals surface area contributed by atoms with Crippen molar-refractivity contribution in [1.82, 2.24) is 5.43 Å². The predicted octanol–water partition coefficient (Wildman–Crippen LogP) is 0.888. The van der Waals surface area contributed by atoms with Crippen molar-refractivity contribution in [3.63, 3.8) is 0 Å². The molecule has 1 N–H and O–H groups in total. The molecule has 0 aliphatic heterocycles. The van der Waals surface area contributed by atoms with Gasteiger partial charge >= 0.3 is 0 Å². The number of benzene rings is 2. The first kappa shape index (κ1) is 16.2. The third-order valence-corrected chi connectivity index (χ3v) is 2.91. The van der Waals surface area contributed by atoms with E-state index < -0.39 is 12.6 Å². The second-order valence-electron chi connectivity index (χ2n) is 4.77. The fourth-order valence-electron chi connectivity index (χ4n) is 1.87. The van der Waals surface area contributed by atoms with Gasteiger partial charge in [-0.15, -0.1) is 0 Å². The van der Waals surface area contributed by atoms with Crippen molar-refractivity contribution in [2.45, 2.75) is 6.92 Å². The van der Waals surface area contributed by atoms with Crippen molar-refractivity contribution >= 4 is 18.1 Å². The number of ether oxygens (including phenoxy) is 1. The van der Waals surface area contributed by atoms with Gasteiger partial charge in [-0.25, -0.2) is 5.43 Å². The highest BCUT2D eigenvalue weighted by Crippen LogP contribution is 2.15. The molecule has 2 aromatic carbocycles. The molecule has 0 atom stereocenters. The van der Waals surface area contributed by atoms with Gasteiger partial charge in [0.15, 0.2) is 0 Å². The molecule has 0 aliphatic rings. The van der Waals surface area contributed by atoms with E-state index in [0.29, 0.717) is 16.9 Å². The molecule has 0 saturated heterocycles. The van der Waals surface area contributed by atoms with Crippen LogP contribution in [0.2, 0.25) is 0 Å². The van der Waals surface area contributed by atoms with E-state index in [1.54, 1.807) is 42.5 Å². The zero-order chi connectivity index (χ0) is 16.7. The van der Waals surface area contributed by atoms with Gasteiger partial charge in [-0.05, 0) is 31.2 Å². The van der Waals surface area contributed by atoms with Crippen LogP contribution in [0.15, 0.2) is 53.6 Å². The number of nitrogens with zero attached hydrogens (tertiary/aromatic N) is 1. The first-order chi connectivity index (χ1) is 11.1. The molecule has 6 heteroatoms. The van der Waals surface area contributed by atoms with Crippen molar-refractivity contribution in [3.05, 3.63) is 65.2 Å². The summed E-state index contributed by atoms with van der Waals surface area (Å²) in [5.74, 6) is -1.31. The van der Waals surface area contributed by atoms with Gasteiger partial charge < -0.3 is 14.6 Å². The SMILES string of the molecule is Cc1cccc(C(=O)NN=Cc2ccccc2OCC(=O)[O-])c1. The summed E-state index contributed by atoms with van der Waals surface area (Å²) in [6.07, 6.45) is 1.39. The molecule has 0 saturated carbocycles. The molecule has 0 unspecified atom stereocenters. The molecule has 0 bridgehead atoms. The summed E-state index contributed by atoms with van der Waals surface area (Å²) >= 11 is 0. The molecule has 118 valence electrons. The monoisotopic (exact) mass is 311 g/mol. The second kappa shape index (κ2) is 7.74. The zero-order valence-electron chi connectivity index (χ0n) is 12.5. The van der Waals surface area contributed by atoms with E-state index in [9.17, 15) is 14.7 Å². The Morgan fingerprint density at radius 3 is 2.74 bits per heavy atom. The van der Waals surface area contributed by atoms with Crippen molar-refractivity contribution in [2.75, 3.05) is 6.61 Å². The largest absolute Gasteiger partial charge is 0.546 e. The predicted molar refractivity (Wildman–Crippen MR) is 83.2 cm³/mol. The number of carbonyl (C=O) groups excluding carboxylic acids is 2. The molecular formula is C17H15N2O4-. The Kier molecular flexibility index (Phi) is 5.46. The van der Waals surface area contributed by atoms with Crippen LogP contribution in [-0.2, 0) is 4.79 Å². The molecule has 0 radical (unpaired) electrons. The van der Waals surface area contributed by atoms with E-state index in [-0.39, 0.29) is 5.91 Å². The summed E-state index contributed by atoms with van der Waals surface area (Å²) < 4.78 is 5.09. The first-order valence-corrected chi connectivity index (χ1v) is 6.88. The standard InChI is InChI=1S/C17H16N2O4/c1-12-5-4-7-13(9-12)17(22)19-18-10-14-6-2-3-8-15(14)23-11-16(20)21/h2-10H,11H2,1H3,(H,19,22)(H,20,21)/p-1. The van der Waals surface area contributed by atoms with E-state index >= 15 is 0 Å². The Balaban J connectivity index is 2.03. The van der Waals surface area contributed by atoms with Gasteiger partial charge in [-0.2, -0.15) is 5.10 Å². The van der Waals surface area contributed by atoms with Gasteiger partial charge in [0.05, 0.1) is 12.2 Å². The highest BCUT2D eigenvalue weighted by atomic mass is 16.5. The zero-order valence-corrected chi connectivity index (χ0v) is 12.5. The van der Waals surface area contributed by atoms with Crippen LogP contribution in [0, 0.1) is 6.92 Å². The minimum atomic E-state index is -1.32. The highest BCUT2D eigenvalue weighted by Gasteiger charge is 2.04. The Labute approximate surface area is 133 Å². The van der Waals surface area contributed by atoms with E-state index in [1.165, 1.54) is 6.21 Å². The fourth-order valence-corrected chi connectivity index (χ4v) is 1.87. The number of carboxylic acids is 1. The van der Waals surface area contributed by atoms with E-state index in [0.717, 1.165) is 5.56 Å². The lowest BCUT2D eigenvalue weighted by atomic mass is 10.1. The maximum Gasteiger partial charge on any atom is 0.271 e. The smallest absolute Gasteiger partial charge is 0.271 e. The third-order valence-electron chi connectivity index (χ3n) is 2.91. The van der Waals surface area contributed by atoms with Gasteiger partial charge in [-0.1, -0.05) is 29.8 Å². The summed E-state index contributed by atoms with van der Waals surface area (Å²) in [4.78, 5) is 22.4. The van der Waals surface area contributed by atoms with Crippen LogP contribution < -0.4 is 15.3 Å². The number of hydrazone groups is 1. The minimum Gasteiger partial charge on any atom is -0.546 e. The second-order valence-corrected chi connectivity index (χ2v) is 4.77. The number of hydrogen-bond donors (Lipinski definition) is 1. The Bertz CT molecular complexity index is 741. The highest BCUT2D eigenvalue weighted by molar-refractivity contribution is 5.95. The van der Waals surface area contributed by atoms with Crippen molar-refractivity contribution in [1.29, 1.82) is 0 Å². The third kappa shape index (κ3) is 4.96. The Morgan fingerprint density at radius 2 is 2.00 bits per heavy atom. The topological polar surface area (TPSA) is 90.8 Å². The fraction of sp³-hybridized carbons (Fsp3) is 0.118. The number of nitrogens with one attached hydrogen (secondary N) is 1. The van der Waals surface area contributed by atoms with Gasteiger partial charge in [-0.3, -0.25) is 4.79 Å². The molecule has 0 spiro atoms. The molecule has 23 heavy (non-hydrogen) atoms. The quantitative estimate of drug-likeness (QED) is 0.633. The van der Waals surface area contributed by atoms with Crippen LogP contribution >= 0.6 is 0 Å². The maximum atomic E-state index is 11.9. The number of carbonyl (C=O) groups is 2. The summed E-state index contributed by atoms with van der Waals surface area (Å²) in [6.45, 7) is 1.34. The van der Waals surface area contributed by atoms with Crippen molar-refractivity contribution in [3.8, 4) is 5.75 Å². The van der Waals surface area contributed by atoms with Crippen LogP contribution in [0.1, 0.15) is 21.5 Å². The number of hydrogen-bond acceptors (Lipinski definition) is 5. The first-order valence-electron chi connectivity index (χ1n) is 6.88. The number of amides is 1. The summed E-state index contributed by atoms with van der Waals surface area (Å²) in [5, 5.41) is 14.3. The Hall–Kier alpha value is -3.15. The van der Waals surface area contributed by atoms with Crippen LogP contribution in [0.4, 0.5) is 0 Å². The lowest BCUT2D eigenvalue weighted by Crippen LogP contribution is -2.29. The number of aliphatic carboxylic acids is 1. The molecule has 6 nitrogen and oxygen atoms in total. The van der Waals surface area contributed by atoms with Gasteiger partial charge in [0, 0.05) is 11.1 Å². The van der Waals surface area contributed by atoms with Gasteiger partial charge in [0.2, 0.25) is 0 Å². The van der Waals surface area contributed by atoms with E-state index in [1.807, 2.05) is 13.0 Å². The number of aryl methyl sites for hydroxylation is 1. The molecule has 2 rings (SSSR count). The van der Waals surface area contributed by atoms with E-state index in [2.05, 4.69) is 10.5 Å². The van der Waals surface area contributed by atoms with Crippen molar-refractivity contribution in [2.24, 2.45) is 5.10 Å². The lowest BCUT2D eigenvalue weighted by molar-refractivity contribution is -0.307. The molecule has 1 amide bonds. The lowest BCUT2D eigenvalue weighted by Gasteiger charge is -2.09. The average molecular weight is 311 g/mol. The molecule has 0 fully saturated rings. The summed E-state index contributed by atoms with van der Waals surface area (Å²) in [6, 6.07) is 13.9. The van der Waals surface area contributed by atoms with Crippen LogP contribution in [0.5, 0.6) is 5.75 Å². The molecule has 0 aromatic heterocycles. The van der Waals surface area contributed by atoms with Gasteiger partial charge in [0.25, 0.3) is 5.91 Å². The number of carboxylic acid groups (broad SMARTS) is 1. The molecular weight excluding hydrogens is 296 g/mol. The minimum absolute atomic E-state index is 0.335. The summed E-state index contributed by atoms with van der Waals surface area (Å²) in [5.41, 5.74) is 4.43. The maximum absolute atomic E-state index is 11.9. The number of rotatable bonds is 6. The van der Waals surface area contributed by atoms with Crippen LogP contribution in [-0.4, -0.2) is 24.7 Å².